The van der Waals surface area contributed by atoms with E-state index in [1.165, 1.54) is 41.6 Å². The van der Waals surface area contributed by atoms with Crippen molar-refractivity contribution in [2.45, 2.75) is 68.0 Å². The summed E-state index contributed by atoms with van der Waals surface area (Å²) in [5, 5.41) is 3.51. The lowest BCUT2D eigenvalue weighted by Gasteiger charge is -2.40. The van der Waals surface area contributed by atoms with Gasteiger partial charge in [-0.3, -0.25) is 0 Å². The van der Waals surface area contributed by atoms with E-state index >= 15 is 0 Å². The van der Waals surface area contributed by atoms with Crippen LogP contribution in [-0.2, 0) is 12.6 Å². The van der Waals surface area contributed by atoms with Gasteiger partial charge in [0.25, 0.3) is 0 Å². The highest BCUT2D eigenvalue weighted by molar-refractivity contribution is 7.99. The van der Waals surface area contributed by atoms with Gasteiger partial charge in [-0.15, -0.1) is 0 Å². The predicted molar refractivity (Wildman–Crippen MR) is 142 cm³/mol. The van der Waals surface area contributed by atoms with Crippen molar-refractivity contribution < 1.29 is 13.2 Å². The minimum atomic E-state index is -4.38. The molecule has 0 aromatic heterocycles. The van der Waals surface area contributed by atoms with Gasteiger partial charge in [0.1, 0.15) is 0 Å². The summed E-state index contributed by atoms with van der Waals surface area (Å²) < 4.78 is 41.6. The first kappa shape index (κ1) is 25.7. The molecule has 3 aliphatic heterocycles. The lowest BCUT2D eigenvalue weighted by molar-refractivity contribution is -0.137. The van der Waals surface area contributed by atoms with Crippen molar-refractivity contribution >= 4 is 23.1 Å². The summed E-state index contributed by atoms with van der Waals surface area (Å²) in [6, 6.07) is 9.38. The first-order chi connectivity index (χ1) is 17.1. The van der Waals surface area contributed by atoms with Crippen molar-refractivity contribution in [3.05, 3.63) is 47.0 Å². The zero-order chi connectivity index (χ0) is 25.5. The molecule has 36 heavy (non-hydrogen) atoms. The molecule has 0 unspecified atom stereocenters. The maximum absolute atomic E-state index is 13.9. The van der Waals surface area contributed by atoms with Crippen LogP contribution in [0.15, 0.2) is 40.1 Å². The van der Waals surface area contributed by atoms with Crippen LogP contribution < -0.4 is 16.0 Å². The Kier molecular flexibility index (Phi) is 7.22. The molecule has 0 amide bonds. The fourth-order valence-corrected chi connectivity index (χ4v) is 7.03. The summed E-state index contributed by atoms with van der Waals surface area (Å²) in [5.74, 6) is 0. The quantitative estimate of drug-likeness (QED) is 0.420. The molecule has 8 heteroatoms. The van der Waals surface area contributed by atoms with Crippen LogP contribution >= 0.6 is 11.8 Å². The van der Waals surface area contributed by atoms with E-state index < -0.39 is 11.7 Å². The van der Waals surface area contributed by atoms with Crippen molar-refractivity contribution in [1.82, 2.24) is 4.90 Å². The summed E-state index contributed by atoms with van der Waals surface area (Å²) in [6.07, 6.45) is 0.469. The average molecular weight is 519 g/mol. The molecule has 5 rings (SSSR count). The van der Waals surface area contributed by atoms with E-state index in [1.807, 2.05) is 0 Å². The highest BCUT2D eigenvalue weighted by atomic mass is 32.2. The third kappa shape index (κ3) is 5.65. The molecule has 196 valence electrons. The number of hydrogen-bond acceptors (Lipinski definition) is 5. The van der Waals surface area contributed by atoms with Crippen LogP contribution in [-0.4, -0.2) is 50.2 Å². The molecule has 0 saturated carbocycles. The summed E-state index contributed by atoms with van der Waals surface area (Å²) >= 11 is 1.49. The maximum Gasteiger partial charge on any atom is 0.416 e. The molecule has 3 N–H and O–H groups in total. The molecule has 2 aromatic rings. The number of likely N-dealkylation sites (tertiary alicyclic amines) is 1. The van der Waals surface area contributed by atoms with Crippen LogP contribution in [0.3, 0.4) is 0 Å². The van der Waals surface area contributed by atoms with Crippen molar-refractivity contribution in [3.8, 4) is 0 Å². The summed E-state index contributed by atoms with van der Waals surface area (Å²) in [6.45, 7) is 9.98. The van der Waals surface area contributed by atoms with E-state index in [-0.39, 0.29) is 11.5 Å². The van der Waals surface area contributed by atoms with E-state index in [2.05, 4.69) is 47.2 Å². The van der Waals surface area contributed by atoms with Gasteiger partial charge in [-0.25, -0.2) is 0 Å². The van der Waals surface area contributed by atoms with Gasteiger partial charge < -0.3 is 20.9 Å². The number of piperidine rings is 2. The standard InChI is InChI=1S/C28H37F3N4S/c1-27(2)8-3-10-35(18-27)22-5-4-19-14-23-24(33-21-6-11-34(12-7-21)13-9-32)15-20(28(29,30)31)16-26(23)36-25(19)17-22/h4-5,15-17,21,33H,3,6-14,18,32H2,1-2H3. The van der Waals surface area contributed by atoms with Crippen LogP contribution in [0.4, 0.5) is 24.5 Å². The van der Waals surface area contributed by atoms with Crippen LogP contribution in [0.5, 0.6) is 0 Å². The number of hydrogen-bond donors (Lipinski definition) is 2. The topological polar surface area (TPSA) is 44.5 Å². The molecule has 4 nitrogen and oxygen atoms in total. The van der Waals surface area contributed by atoms with Gasteiger partial charge in [0.15, 0.2) is 0 Å². The number of rotatable bonds is 5. The fourth-order valence-electron chi connectivity index (χ4n) is 5.85. The lowest BCUT2D eigenvalue weighted by Crippen LogP contribution is -2.41. The highest BCUT2D eigenvalue weighted by Gasteiger charge is 2.34. The third-order valence-corrected chi connectivity index (χ3v) is 9.02. The van der Waals surface area contributed by atoms with Crippen molar-refractivity contribution in [3.63, 3.8) is 0 Å². The Labute approximate surface area is 216 Å². The minimum absolute atomic E-state index is 0.169. The number of fused-ring (bicyclic) bond motifs is 2. The number of benzene rings is 2. The Bertz CT molecular complexity index is 1090. The van der Waals surface area contributed by atoms with Gasteiger partial charge in [-0.1, -0.05) is 31.7 Å². The van der Waals surface area contributed by atoms with Gasteiger partial charge in [0, 0.05) is 72.9 Å². The smallest absolute Gasteiger partial charge is 0.382 e. The van der Waals surface area contributed by atoms with Gasteiger partial charge >= 0.3 is 6.18 Å². The Morgan fingerprint density at radius 2 is 1.86 bits per heavy atom. The van der Waals surface area contributed by atoms with E-state index in [4.69, 9.17) is 5.73 Å². The highest BCUT2D eigenvalue weighted by Crippen LogP contribution is 2.47. The Balaban J connectivity index is 1.40. The van der Waals surface area contributed by atoms with Crippen LogP contribution in [0.25, 0.3) is 0 Å². The Hall–Kier alpha value is -1.90. The molecule has 0 aliphatic carbocycles. The number of nitrogens with two attached hydrogens (primary N) is 1. The second kappa shape index (κ2) is 10.1. The Morgan fingerprint density at radius 3 is 2.56 bits per heavy atom. The molecule has 2 saturated heterocycles. The van der Waals surface area contributed by atoms with E-state index in [0.717, 1.165) is 67.3 Å². The molecule has 0 bridgehead atoms. The molecule has 2 fully saturated rings. The number of nitrogens with one attached hydrogen (secondary N) is 1. The first-order valence-electron chi connectivity index (χ1n) is 13.1. The maximum atomic E-state index is 13.9. The van der Waals surface area contributed by atoms with Gasteiger partial charge in [-0.05, 0) is 66.5 Å². The van der Waals surface area contributed by atoms with Gasteiger partial charge in [0.05, 0.1) is 5.56 Å². The largest absolute Gasteiger partial charge is 0.416 e. The zero-order valence-electron chi connectivity index (χ0n) is 21.3. The van der Waals surface area contributed by atoms with Crippen LogP contribution in [0.1, 0.15) is 56.2 Å². The summed E-state index contributed by atoms with van der Waals surface area (Å²) in [7, 11) is 0. The molecule has 0 spiro atoms. The molecule has 3 aliphatic rings. The predicted octanol–water partition coefficient (Wildman–Crippen LogP) is 6.22. The monoisotopic (exact) mass is 518 g/mol. The van der Waals surface area contributed by atoms with Crippen molar-refractivity contribution in [1.29, 1.82) is 0 Å². The van der Waals surface area contributed by atoms with Gasteiger partial charge in [0.2, 0.25) is 0 Å². The van der Waals surface area contributed by atoms with Gasteiger partial charge in [-0.2, -0.15) is 13.2 Å². The first-order valence-corrected chi connectivity index (χ1v) is 13.9. The van der Waals surface area contributed by atoms with E-state index in [1.54, 1.807) is 0 Å². The molecular weight excluding hydrogens is 481 g/mol. The summed E-state index contributed by atoms with van der Waals surface area (Å²) in [4.78, 5) is 6.54. The molecule has 2 aromatic carbocycles. The fraction of sp³-hybridized carbons (Fsp3) is 0.571. The molecular formula is C28H37F3N4S. The zero-order valence-corrected chi connectivity index (χ0v) is 22.1. The van der Waals surface area contributed by atoms with Crippen LogP contribution in [0.2, 0.25) is 0 Å². The van der Waals surface area contributed by atoms with Crippen LogP contribution in [0, 0.1) is 5.41 Å². The van der Waals surface area contributed by atoms with E-state index in [9.17, 15) is 13.2 Å². The third-order valence-electron chi connectivity index (χ3n) is 7.83. The number of alkyl halides is 3. The van der Waals surface area contributed by atoms with Crippen molar-refractivity contribution in [2.24, 2.45) is 11.1 Å². The summed E-state index contributed by atoms with van der Waals surface area (Å²) in [5.41, 5.74) is 9.36. The normalized spacial score (nSPS) is 20.7. The molecule has 3 heterocycles. The second-order valence-electron chi connectivity index (χ2n) is 11.3. The Morgan fingerprint density at radius 1 is 1.08 bits per heavy atom. The lowest BCUT2D eigenvalue weighted by atomic mass is 9.84. The second-order valence-corrected chi connectivity index (χ2v) is 12.4. The van der Waals surface area contributed by atoms with Crippen molar-refractivity contribution in [2.75, 3.05) is 49.5 Å². The molecule has 0 atom stereocenters. The SMILES string of the molecule is CC1(C)CCCN(c2ccc3c(c2)Sc2cc(C(F)(F)F)cc(NC4CCN(CCN)CC4)c2C3)C1. The van der Waals surface area contributed by atoms with E-state index in [0.29, 0.717) is 18.7 Å². The molecule has 0 radical (unpaired) electrons. The number of halogens is 3. The average Bonchev–Trinajstić information content (AvgIpc) is 2.82. The minimum Gasteiger partial charge on any atom is -0.382 e. The number of anilines is 2. The number of nitrogens with zero attached hydrogens (tertiary/aromatic N) is 2.